The molecule has 4 aromatic rings. The van der Waals surface area contributed by atoms with Crippen molar-refractivity contribution in [2.75, 3.05) is 18.7 Å². The van der Waals surface area contributed by atoms with Crippen LogP contribution in [0.2, 0.25) is 20.1 Å². The van der Waals surface area contributed by atoms with Crippen LogP contribution in [0.3, 0.4) is 0 Å². The van der Waals surface area contributed by atoms with Crippen molar-refractivity contribution < 1.29 is 24.2 Å². The Morgan fingerprint density at radius 1 is 1.05 bits per heavy atom. The first-order valence-electron chi connectivity index (χ1n) is 12.9. The van der Waals surface area contributed by atoms with Crippen molar-refractivity contribution in [3.63, 3.8) is 0 Å². The molecule has 0 aliphatic carbocycles. The van der Waals surface area contributed by atoms with Crippen LogP contribution in [0.5, 0.6) is 0 Å². The molecule has 2 aromatic heterocycles. The maximum Gasteiger partial charge on any atom is 0.167 e. The molecule has 0 amide bonds. The van der Waals surface area contributed by atoms with Crippen LogP contribution in [0.15, 0.2) is 48.9 Å². The second-order valence-corrected chi connectivity index (χ2v) is 11.8. The highest BCUT2D eigenvalue weighted by molar-refractivity contribution is 6.35. The van der Waals surface area contributed by atoms with E-state index >= 15 is 0 Å². The fourth-order valence-electron chi connectivity index (χ4n) is 5.27. The number of halogens is 4. The van der Waals surface area contributed by atoms with Gasteiger partial charge in [-0.15, -0.1) is 0 Å². The maximum atomic E-state index is 12.0. The summed E-state index contributed by atoms with van der Waals surface area (Å²) >= 11 is 24.8. The molecule has 2 aliphatic heterocycles. The number of nitrogens with one attached hydrogen (secondary N) is 1. The summed E-state index contributed by atoms with van der Waals surface area (Å²) in [6.45, 7) is 2.60. The van der Waals surface area contributed by atoms with Crippen LogP contribution < -0.4 is 5.48 Å². The van der Waals surface area contributed by atoms with Gasteiger partial charge in [-0.05, 0) is 47.9 Å². The van der Waals surface area contributed by atoms with Crippen LogP contribution in [-0.2, 0) is 38.7 Å². The molecule has 6 rings (SSSR count). The lowest BCUT2D eigenvalue weighted by atomic mass is 9.96. The van der Waals surface area contributed by atoms with E-state index in [1.54, 1.807) is 37.3 Å². The SMILES string of the molecule is C[C@@]1(O)[C@H](OCc2ccc(Cl)cc2Cl)[C@@H](COCc2ccc(Cl)cc2Cl)O[C@H]1n1cc2c3c(ncnc31)NOCC2. The van der Waals surface area contributed by atoms with Crippen molar-refractivity contribution in [1.82, 2.24) is 14.5 Å². The Balaban J connectivity index is 1.29. The van der Waals surface area contributed by atoms with Gasteiger partial charge < -0.3 is 23.9 Å². The molecule has 13 heteroatoms. The van der Waals surface area contributed by atoms with Crippen molar-refractivity contribution in [3.8, 4) is 0 Å². The summed E-state index contributed by atoms with van der Waals surface area (Å²) in [4.78, 5) is 14.3. The molecule has 41 heavy (non-hydrogen) atoms. The normalized spacial score (nSPS) is 24.0. The zero-order valence-electron chi connectivity index (χ0n) is 21.8. The maximum absolute atomic E-state index is 12.0. The molecule has 0 spiro atoms. The average molecular weight is 640 g/mol. The largest absolute Gasteiger partial charge is 0.383 e. The Bertz CT molecular complexity index is 1580. The van der Waals surface area contributed by atoms with Gasteiger partial charge in [-0.2, -0.15) is 0 Å². The highest BCUT2D eigenvalue weighted by Crippen LogP contribution is 2.43. The summed E-state index contributed by atoms with van der Waals surface area (Å²) in [5.41, 5.74) is 4.46. The van der Waals surface area contributed by atoms with Gasteiger partial charge in [-0.3, -0.25) is 4.84 Å². The molecule has 2 aromatic carbocycles. The van der Waals surface area contributed by atoms with Crippen molar-refractivity contribution in [2.45, 2.75) is 50.6 Å². The van der Waals surface area contributed by atoms with Gasteiger partial charge in [0, 0.05) is 32.7 Å². The summed E-state index contributed by atoms with van der Waals surface area (Å²) in [5, 5.41) is 14.8. The molecular weight excluding hydrogens is 614 g/mol. The van der Waals surface area contributed by atoms with E-state index in [2.05, 4.69) is 15.4 Å². The molecule has 1 saturated heterocycles. The monoisotopic (exact) mass is 638 g/mol. The summed E-state index contributed by atoms with van der Waals surface area (Å²) in [6.07, 6.45) is 1.70. The molecule has 1 fully saturated rings. The van der Waals surface area contributed by atoms with E-state index in [-0.39, 0.29) is 19.8 Å². The Kier molecular flexibility index (Phi) is 8.35. The van der Waals surface area contributed by atoms with E-state index in [4.69, 9.17) is 65.5 Å². The Labute approximate surface area is 256 Å². The van der Waals surface area contributed by atoms with Crippen LogP contribution in [0.4, 0.5) is 5.82 Å². The number of aromatic nitrogens is 3. The van der Waals surface area contributed by atoms with Crippen LogP contribution in [-0.4, -0.2) is 50.7 Å². The highest BCUT2D eigenvalue weighted by atomic mass is 35.5. The fraction of sp³-hybridized carbons (Fsp3) is 0.357. The van der Waals surface area contributed by atoms with Gasteiger partial charge in [0.05, 0.1) is 31.8 Å². The molecule has 0 bridgehead atoms. The fourth-order valence-corrected chi connectivity index (χ4v) is 6.20. The summed E-state index contributed by atoms with van der Waals surface area (Å²) in [6, 6.07) is 10.4. The molecule has 4 heterocycles. The lowest BCUT2D eigenvalue weighted by Gasteiger charge is -2.31. The number of hydrogen-bond acceptors (Lipinski definition) is 8. The first kappa shape index (κ1) is 28.9. The molecule has 9 nitrogen and oxygen atoms in total. The Hall–Kier alpha value is -2.18. The van der Waals surface area contributed by atoms with E-state index in [9.17, 15) is 5.11 Å². The summed E-state index contributed by atoms with van der Waals surface area (Å²) in [5.74, 6) is 0.559. The quantitative estimate of drug-likeness (QED) is 0.229. The van der Waals surface area contributed by atoms with Gasteiger partial charge in [0.25, 0.3) is 0 Å². The zero-order valence-corrected chi connectivity index (χ0v) is 24.8. The second kappa shape index (κ2) is 11.8. The van der Waals surface area contributed by atoms with E-state index in [1.807, 2.05) is 16.8 Å². The molecule has 216 valence electrons. The summed E-state index contributed by atoms with van der Waals surface area (Å²) in [7, 11) is 0. The van der Waals surface area contributed by atoms with Crippen LogP contribution in [0.25, 0.3) is 11.0 Å². The summed E-state index contributed by atoms with van der Waals surface area (Å²) < 4.78 is 20.7. The van der Waals surface area contributed by atoms with Gasteiger partial charge in [-0.25, -0.2) is 15.4 Å². The van der Waals surface area contributed by atoms with Gasteiger partial charge in [-0.1, -0.05) is 58.5 Å². The molecule has 4 atom stereocenters. The number of nitrogens with zero attached hydrogens (tertiary/aromatic N) is 3. The number of ether oxygens (including phenoxy) is 3. The molecule has 0 radical (unpaired) electrons. The van der Waals surface area contributed by atoms with Crippen LogP contribution >= 0.6 is 46.4 Å². The van der Waals surface area contributed by atoms with E-state index in [0.717, 1.165) is 22.1 Å². The van der Waals surface area contributed by atoms with Crippen molar-refractivity contribution in [3.05, 3.63) is 85.7 Å². The minimum Gasteiger partial charge on any atom is -0.383 e. The lowest BCUT2D eigenvalue weighted by molar-refractivity contribution is -0.114. The predicted octanol–water partition coefficient (Wildman–Crippen LogP) is 6.40. The van der Waals surface area contributed by atoms with E-state index < -0.39 is 24.0 Å². The van der Waals surface area contributed by atoms with Crippen LogP contribution in [0.1, 0.15) is 29.8 Å². The number of hydrogen-bond donors (Lipinski definition) is 2. The third kappa shape index (κ3) is 5.76. The highest BCUT2D eigenvalue weighted by Gasteiger charge is 2.55. The Morgan fingerprint density at radius 3 is 2.46 bits per heavy atom. The first-order valence-corrected chi connectivity index (χ1v) is 14.4. The Morgan fingerprint density at radius 2 is 1.76 bits per heavy atom. The lowest BCUT2D eigenvalue weighted by Crippen LogP contribution is -2.46. The molecule has 2 N–H and O–H groups in total. The minimum absolute atomic E-state index is 0.117. The average Bonchev–Trinajstić information content (AvgIpc) is 3.31. The van der Waals surface area contributed by atoms with Gasteiger partial charge >= 0.3 is 0 Å². The number of benzene rings is 2. The molecule has 0 saturated carbocycles. The van der Waals surface area contributed by atoms with Crippen LogP contribution in [0, 0.1) is 0 Å². The van der Waals surface area contributed by atoms with Gasteiger partial charge in [0.1, 0.15) is 29.8 Å². The van der Waals surface area contributed by atoms with Crippen molar-refractivity contribution in [2.24, 2.45) is 0 Å². The number of anilines is 1. The number of rotatable bonds is 8. The predicted molar refractivity (Wildman–Crippen MR) is 156 cm³/mol. The molecule has 2 aliphatic rings. The van der Waals surface area contributed by atoms with Crippen molar-refractivity contribution in [1.29, 1.82) is 0 Å². The first-order chi connectivity index (χ1) is 19.7. The number of aliphatic hydroxyl groups is 1. The molecular formula is C28H26Cl4N4O5. The topological polar surface area (TPSA) is 99.9 Å². The van der Waals surface area contributed by atoms with Crippen molar-refractivity contribution >= 4 is 63.3 Å². The third-order valence-corrected chi connectivity index (χ3v) is 8.46. The van der Waals surface area contributed by atoms with E-state index in [1.165, 1.54) is 6.33 Å². The van der Waals surface area contributed by atoms with Gasteiger partial charge in [0.2, 0.25) is 0 Å². The standard InChI is InChI=1S/C28H26Cl4N4O5/c1-28(37)24(39-12-17-3-5-19(30)9-21(17)32)22(13-38-11-16-2-4-18(29)8-20(16)31)41-27(28)36-10-15-6-7-40-35-25-23(15)26(36)34-14-33-25/h2-5,8-10,14,22,24,27,37H,6-7,11-13H2,1H3,(H,33,34,35)/t22-,24-,27-,28-/m1/s1. The minimum atomic E-state index is -1.49. The zero-order chi connectivity index (χ0) is 28.7. The van der Waals surface area contributed by atoms with Gasteiger partial charge in [0.15, 0.2) is 12.0 Å². The third-order valence-electron chi connectivity index (χ3n) is 7.29. The van der Waals surface area contributed by atoms with E-state index in [0.29, 0.717) is 44.6 Å². The smallest absolute Gasteiger partial charge is 0.167 e. The molecule has 0 unspecified atom stereocenters. The second-order valence-electron chi connectivity index (χ2n) is 10.2.